The van der Waals surface area contributed by atoms with Crippen molar-refractivity contribution < 1.29 is 19.0 Å². The number of methoxy groups -OCH3 is 3. The molecule has 0 radical (unpaired) electrons. The molecule has 0 aliphatic heterocycles. The number of carbonyl (C=O) groups excluding carboxylic acids is 1. The van der Waals surface area contributed by atoms with Crippen molar-refractivity contribution in [3.05, 3.63) is 54.1 Å². The molecule has 0 unspecified atom stereocenters. The Kier molecular flexibility index (Phi) is 7.73. The van der Waals surface area contributed by atoms with Gasteiger partial charge < -0.3 is 19.1 Å². The maximum Gasteiger partial charge on any atom is 0.263 e. The summed E-state index contributed by atoms with van der Waals surface area (Å²) in [6.07, 6.45) is 0. The number of ether oxygens (including phenoxy) is 3. The molecule has 0 aliphatic rings. The van der Waals surface area contributed by atoms with E-state index in [1.54, 1.807) is 26.2 Å². The molecule has 0 fully saturated rings. The standard InChI is InChI=1S/C27H31N3O4S/c1-6-29(7-2)12-13-30(27-28-21-16-23(33-4)24(34-5)17-25(21)35-27)26(31)20-14-18-10-8-9-11-19(18)15-22(20)32-3/h8-11,14-17H,6-7,12-13H2,1-5H3. The lowest BCUT2D eigenvalue weighted by Crippen LogP contribution is -2.39. The Morgan fingerprint density at radius 3 is 2.11 bits per heavy atom. The summed E-state index contributed by atoms with van der Waals surface area (Å²) in [7, 11) is 4.80. The van der Waals surface area contributed by atoms with E-state index in [4.69, 9.17) is 19.2 Å². The van der Waals surface area contributed by atoms with Gasteiger partial charge in [-0.25, -0.2) is 4.98 Å². The number of carbonyl (C=O) groups is 1. The predicted octanol–water partition coefficient (Wildman–Crippen LogP) is 5.46. The van der Waals surface area contributed by atoms with Gasteiger partial charge in [0, 0.05) is 25.2 Å². The molecule has 7 nitrogen and oxygen atoms in total. The van der Waals surface area contributed by atoms with E-state index in [-0.39, 0.29) is 5.91 Å². The average molecular weight is 494 g/mol. The van der Waals surface area contributed by atoms with Crippen LogP contribution in [0.3, 0.4) is 0 Å². The van der Waals surface area contributed by atoms with Gasteiger partial charge in [-0.15, -0.1) is 0 Å². The number of rotatable bonds is 10. The SMILES string of the molecule is CCN(CC)CCN(C(=O)c1cc2ccccc2cc1OC)c1nc2cc(OC)c(OC)cc2s1. The predicted molar refractivity (Wildman–Crippen MR) is 143 cm³/mol. The number of benzene rings is 3. The van der Waals surface area contributed by atoms with Crippen LogP contribution in [0.2, 0.25) is 0 Å². The Morgan fingerprint density at radius 1 is 0.857 bits per heavy atom. The highest BCUT2D eigenvalue weighted by Crippen LogP contribution is 2.38. The number of hydrogen-bond acceptors (Lipinski definition) is 7. The van der Waals surface area contributed by atoms with Gasteiger partial charge in [-0.3, -0.25) is 9.69 Å². The number of fused-ring (bicyclic) bond motifs is 2. The van der Waals surface area contributed by atoms with Crippen LogP contribution in [0.15, 0.2) is 48.5 Å². The van der Waals surface area contributed by atoms with Gasteiger partial charge in [0.25, 0.3) is 5.91 Å². The molecule has 3 aromatic carbocycles. The van der Waals surface area contributed by atoms with Gasteiger partial charge in [-0.2, -0.15) is 0 Å². The lowest BCUT2D eigenvalue weighted by Gasteiger charge is -2.25. The maximum absolute atomic E-state index is 14.0. The average Bonchev–Trinajstić information content (AvgIpc) is 3.31. The van der Waals surface area contributed by atoms with Gasteiger partial charge >= 0.3 is 0 Å². The lowest BCUT2D eigenvalue weighted by molar-refractivity contribution is 0.0981. The number of hydrogen-bond donors (Lipinski definition) is 0. The minimum Gasteiger partial charge on any atom is -0.496 e. The van der Waals surface area contributed by atoms with Gasteiger partial charge in [-0.1, -0.05) is 49.4 Å². The third-order valence-electron chi connectivity index (χ3n) is 6.19. The van der Waals surface area contributed by atoms with E-state index in [0.717, 1.165) is 40.6 Å². The fraction of sp³-hybridized carbons (Fsp3) is 0.333. The van der Waals surface area contributed by atoms with E-state index in [2.05, 4.69) is 18.7 Å². The topological polar surface area (TPSA) is 64.1 Å². The molecule has 0 spiro atoms. The summed E-state index contributed by atoms with van der Waals surface area (Å²) in [6.45, 7) is 7.30. The number of nitrogens with zero attached hydrogens (tertiary/aromatic N) is 3. The van der Waals surface area contributed by atoms with Crippen LogP contribution >= 0.6 is 11.3 Å². The van der Waals surface area contributed by atoms with Crippen LogP contribution in [-0.2, 0) is 0 Å². The Hall–Kier alpha value is -3.36. The molecule has 0 saturated carbocycles. The molecular formula is C27H31N3O4S. The summed E-state index contributed by atoms with van der Waals surface area (Å²) in [5.41, 5.74) is 1.27. The van der Waals surface area contributed by atoms with Gasteiger partial charge in [0.15, 0.2) is 16.6 Å². The highest BCUT2D eigenvalue weighted by Gasteiger charge is 2.25. The molecule has 0 aliphatic carbocycles. The van der Waals surface area contributed by atoms with Crippen LogP contribution in [0.1, 0.15) is 24.2 Å². The van der Waals surface area contributed by atoms with Crippen molar-refractivity contribution >= 4 is 43.4 Å². The van der Waals surface area contributed by atoms with E-state index in [0.29, 0.717) is 34.5 Å². The first-order valence-electron chi connectivity index (χ1n) is 11.7. The van der Waals surface area contributed by atoms with Crippen LogP contribution in [-0.4, -0.2) is 63.3 Å². The summed E-state index contributed by atoms with van der Waals surface area (Å²) in [5, 5.41) is 2.64. The first-order chi connectivity index (χ1) is 17.0. The number of likely N-dealkylation sites (N-methyl/N-ethyl adjacent to an activating group) is 1. The lowest BCUT2D eigenvalue weighted by atomic mass is 10.0. The van der Waals surface area contributed by atoms with Crippen LogP contribution in [0.4, 0.5) is 5.13 Å². The van der Waals surface area contributed by atoms with E-state index in [9.17, 15) is 4.79 Å². The first-order valence-corrected chi connectivity index (χ1v) is 12.5. The molecule has 8 heteroatoms. The Labute approximate surface area is 209 Å². The van der Waals surface area contributed by atoms with Crippen molar-refractivity contribution in [2.45, 2.75) is 13.8 Å². The van der Waals surface area contributed by atoms with Gasteiger partial charge in [-0.05, 0) is 36.0 Å². The second kappa shape index (κ2) is 10.9. The summed E-state index contributed by atoms with van der Waals surface area (Å²) in [6, 6.07) is 15.5. The summed E-state index contributed by atoms with van der Waals surface area (Å²) < 4.78 is 17.5. The molecular weight excluding hydrogens is 462 g/mol. The van der Waals surface area contributed by atoms with Gasteiger partial charge in [0.2, 0.25) is 0 Å². The smallest absolute Gasteiger partial charge is 0.263 e. The summed E-state index contributed by atoms with van der Waals surface area (Å²) in [4.78, 5) is 22.9. The van der Waals surface area contributed by atoms with Gasteiger partial charge in [0.05, 0.1) is 37.1 Å². The molecule has 35 heavy (non-hydrogen) atoms. The number of thiazole rings is 1. The van der Waals surface area contributed by atoms with Crippen molar-refractivity contribution in [3.8, 4) is 17.2 Å². The molecule has 4 rings (SSSR count). The highest BCUT2D eigenvalue weighted by atomic mass is 32.1. The van der Waals surface area contributed by atoms with Crippen molar-refractivity contribution in [1.29, 1.82) is 0 Å². The normalized spacial score (nSPS) is 11.3. The fourth-order valence-corrected chi connectivity index (χ4v) is 5.12. The monoisotopic (exact) mass is 493 g/mol. The van der Waals surface area contributed by atoms with E-state index < -0.39 is 0 Å². The first kappa shape index (κ1) is 24.8. The molecule has 0 atom stereocenters. The summed E-state index contributed by atoms with van der Waals surface area (Å²) in [5.74, 6) is 1.64. The molecule has 1 heterocycles. The Morgan fingerprint density at radius 2 is 1.49 bits per heavy atom. The quantitative estimate of drug-likeness (QED) is 0.292. The van der Waals surface area contributed by atoms with Crippen LogP contribution in [0.25, 0.3) is 21.0 Å². The van der Waals surface area contributed by atoms with E-state index in [1.165, 1.54) is 11.3 Å². The number of aromatic nitrogens is 1. The Balaban J connectivity index is 1.80. The summed E-state index contributed by atoms with van der Waals surface area (Å²) >= 11 is 1.46. The molecule has 1 amide bonds. The number of amides is 1. The second-order valence-electron chi connectivity index (χ2n) is 8.05. The van der Waals surface area contributed by atoms with Gasteiger partial charge in [0.1, 0.15) is 5.75 Å². The molecule has 0 N–H and O–H groups in total. The maximum atomic E-state index is 14.0. The zero-order chi connectivity index (χ0) is 24.9. The van der Waals surface area contributed by atoms with Crippen molar-refractivity contribution in [1.82, 2.24) is 9.88 Å². The fourth-order valence-electron chi connectivity index (χ4n) is 4.12. The van der Waals surface area contributed by atoms with Crippen LogP contribution < -0.4 is 19.1 Å². The third-order valence-corrected chi connectivity index (χ3v) is 7.23. The molecule has 0 saturated heterocycles. The van der Waals surface area contributed by atoms with Crippen LogP contribution in [0.5, 0.6) is 17.2 Å². The molecule has 0 bridgehead atoms. The number of anilines is 1. The highest BCUT2D eigenvalue weighted by molar-refractivity contribution is 7.22. The Bertz CT molecular complexity index is 1290. The van der Waals surface area contributed by atoms with Crippen molar-refractivity contribution in [3.63, 3.8) is 0 Å². The third kappa shape index (κ3) is 5.04. The molecule has 1 aromatic heterocycles. The van der Waals surface area contributed by atoms with E-state index in [1.807, 2.05) is 48.5 Å². The van der Waals surface area contributed by atoms with Crippen molar-refractivity contribution in [2.24, 2.45) is 0 Å². The zero-order valence-electron chi connectivity index (χ0n) is 20.8. The molecule has 184 valence electrons. The minimum absolute atomic E-state index is 0.141. The zero-order valence-corrected chi connectivity index (χ0v) is 21.6. The minimum atomic E-state index is -0.141. The van der Waals surface area contributed by atoms with Crippen molar-refractivity contribution in [2.75, 3.05) is 52.4 Å². The molecule has 4 aromatic rings. The second-order valence-corrected chi connectivity index (χ2v) is 9.06. The van der Waals surface area contributed by atoms with Crippen LogP contribution in [0, 0.1) is 0 Å². The largest absolute Gasteiger partial charge is 0.496 e. The van der Waals surface area contributed by atoms with E-state index >= 15 is 0 Å².